The summed E-state index contributed by atoms with van der Waals surface area (Å²) < 4.78 is 28.5. The monoisotopic (exact) mass is 320 g/mol. The van der Waals surface area contributed by atoms with Crippen molar-refractivity contribution >= 4 is 17.5 Å². The number of rotatable bonds is 4. The standard InChI is InChI=1S/C15H14F2N4S/c1-3-13-19-15-18-10(7-9(2)21(15)20-13)8-22-12-6-4-5-11(16)14(12)17/h4-7H,3,8H2,1-2H3. The molecule has 2 aromatic heterocycles. The van der Waals surface area contributed by atoms with Gasteiger partial charge in [0.1, 0.15) is 0 Å². The summed E-state index contributed by atoms with van der Waals surface area (Å²) in [5, 5.41) is 4.34. The maximum Gasteiger partial charge on any atom is 0.252 e. The predicted octanol–water partition coefficient (Wildman–Crippen LogP) is 3.57. The fourth-order valence-corrected chi connectivity index (χ4v) is 2.94. The van der Waals surface area contributed by atoms with Crippen molar-refractivity contribution in [2.75, 3.05) is 0 Å². The summed E-state index contributed by atoms with van der Waals surface area (Å²) in [5.41, 5.74) is 1.67. The third-order valence-electron chi connectivity index (χ3n) is 3.20. The van der Waals surface area contributed by atoms with Gasteiger partial charge in [0.25, 0.3) is 5.78 Å². The lowest BCUT2D eigenvalue weighted by Crippen LogP contribution is -2.00. The Kier molecular flexibility index (Phi) is 4.06. The van der Waals surface area contributed by atoms with E-state index in [0.717, 1.165) is 29.7 Å². The van der Waals surface area contributed by atoms with E-state index in [0.29, 0.717) is 11.5 Å². The van der Waals surface area contributed by atoms with E-state index in [-0.39, 0.29) is 4.90 Å². The molecule has 2 heterocycles. The Labute approximate surface area is 130 Å². The van der Waals surface area contributed by atoms with Gasteiger partial charge < -0.3 is 0 Å². The van der Waals surface area contributed by atoms with E-state index in [1.54, 1.807) is 10.6 Å². The molecule has 0 N–H and O–H groups in total. The molecule has 3 rings (SSSR count). The van der Waals surface area contributed by atoms with Gasteiger partial charge in [-0.3, -0.25) is 0 Å². The zero-order valence-electron chi connectivity index (χ0n) is 12.2. The molecule has 0 saturated heterocycles. The van der Waals surface area contributed by atoms with Crippen molar-refractivity contribution in [2.24, 2.45) is 0 Å². The number of hydrogen-bond acceptors (Lipinski definition) is 4. The molecule has 0 radical (unpaired) electrons. The Morgan fingerprint density at radius 1 is 1.23 bits per heavy atom. The van der Waals surface area contributed by atoms with E-state index >= 15 is 0 Å². The van der Waals surface area contributed by atoms with Crippen molar-refractivity contribution in [2.45, 2.75) is 30.9 Å². The van der Waals surface area contributed by atoms with E-state index in [1.165, 1.54) is 17.8 Å². The van der Waals surface area contributed by atoms with Crippen LogP contribution in [0.4, 0.5) is 8.78 Å². The molecule has 3 aromatic rings. The molecule has 0 spiro atoms. The zero-order chi connectivity index (χ0) is 15.7. The summed E-state index contributed by atoms with van der Waals surface area (Å²) in [6, 6.07) is 6.04. The smallest absolute Gasteiger partial charge is 0.215 e. The molecule has 0 fully saturated rings. The molecule has 4 nitrogen and oxygen atoms in total. The van der Waals surface area contributed by atoms with Gasteiger partial charge in [0.05, 0.1) is 5.69 Å². The van der Waals surface area contributed by atoms with Crippen LogP contribution in [0.25, 0.3) is 5.78 Å². The van der Waals surface area contributed by atoms with Crippen molar-refractivity contribution in [3.63, 3.8) is 0 Å². The van der Waals surface area contributed by atoms with Crippen LogP contribution >= 0.6 is 11.8 Å². The van der Waals surface area contributed by atoms with Crippen molar-refractivity contribution in [3.05, 3.63) is 53.1 Å². The fourth-order valence-electron chi connectivity index (χ4n) is 2.09. The van der Waals surface area contributed by atoms with E-state index in [1.807, 2.05) is 19.9 Å². The first-order chi connectivity index (χ1) is 10.6. The highest BCUT2D eigenvalue weighted by Gasteiger charge is 2.11. The average molecular weight is 320 g/mol. The third-order valence-corrected chi connectivity index (χ3v) is 4.26. The maximum atomic E-state index is 13.6. The van der Waals surface area contributed by atoms with Gasteiger partial charge in [0.2, 0.25) is 0 Å². The summed E-state index contributed by atoms with van der Waals surface area (Å²) in [4.78, 5) is 9.03. The highest BCUT2D eigenvalue weighted by atomic mass is 32.2. The van der Waals surface area contributed by atoms with Crippen molar-refractivity contribution in [1.29, 1.82) is 0 Å². The van der Waals surface area contributed by atoms with Gasteiger partial charge in [-0.1, -0.05) is 13.0 Å². The van der Waals surface area contributed by atoms with Crippen LogP contribution in [-0.2, 0) is 12.2 Å². The number of hydrogen-bond donors (Lipinski definition) is 0. The number of halogens is 2. The first-order valence-electron chi connectivity index (χ1n) is 6.87. The maximum absolute atomic E-state index is 13.6. The molecule has 22 heavy (non-hydrogen) atoms. The SMILES string of the molecule is CCc1nc2nc(CSc3cccc(F)c3F)cc(C)n2n1. The number of fused-ring (bicyclic) bond motifs is 1. The van der Waals surface area contributed by atoms with Crippen LogP contribution in [0.15, 0.2) is 29.2 Å². The number of benzene rings is 1. The molecule has 0 unspecified atom stereocenters. The second-order valence-electron chi connectivity index (χ2n) is 4.82. The summed E-state index contributed by atoms with van der Waals surface area (Å²) in [5.74, 6) is 0.0471. The summed E-state index contributed by atoms with van der Waals surface area (Å²) in [6.07, 6.45) is 0.737. The second kappa shape index (κ2) is 6.00. The molecule has 0 atom stereocenters. The van der Waals surface area contributed by atoms with E-state index in [2.05, 4.69) is 15.1 Å². The molecule has 1 aromatic carbocycles. The quantitative estimate of drug-likeness (QED) is 0.689. The van der Waals surface area contributed by atoms with E-state index in [9.17, 15) is 8.78 Å². The molecule has 7 heteroatoms. The van der Waals surface area contributed by atoms with Crippen LogP contribution in [0, 0.1) is 18.6 Å². The largest absolute Gasteiger partial charge is 0.252 e. The first kappa shape index (κ1) is 14.9. The van der Waals surface area contributed by atoms with Gasteiger partial charge in [-0.15, -0.1) is 16.9 Å². The normalized spacial score (nSPS) is 11.3. The lowest BCUT2D eigenvalue weighted by Gasteiger charge is -2.05. The summed E-state index contributed by atoms with van der Waals surface area (Å²) >= 11 is 1.21. The topological polar surface area (TPSA) is 43.1 Å². The minimum Gasteiger partial charge on any atom is -0.215 e. The van der Waals surface area contributed by atoms with Gasteiger partial charge in [-0.2, -0.15) is 4.98 Å². The summed E-state index contributed by atoms with van der Waals surface area (Å²) in [7, 11) is 0. The fraction of sp³-hybridized carbons (Fsp3) is 0.267. The van der Waals surface area contributed by atoms with Gasteiger partial charge in [0.15, 0.2) is 17.5 Å². The molecule has 0 aliphatic heterocycles. The third kappa shape index (κ3) is 2.81. The Morgan fingerprint density at radius 2 is 2.05 bits per heavy atom. The zero-order valence-corrected chi connectivity index (χ0v) is 13.0. The Bertz CT molecular complexity index is 832. The minimum atomic E-state index is -0.838. The first-order valence-corrected chi connectivity index (χ1v) is 7.86. The minimum absolute atomic E-state index is 0.273. The lowest BCUT2D eigenvalue weighted by atomic mass is 10.3. The highest BCUT2D eigenvalue weighted by molar-refractivity contribution is 7.98. The number of aryl methyl sites for hydroxylation is 2. The molecular weight excluding hydrogens is 306 g/mol. The van der Waals surface area contributed by atoms with E-state index in [4.69, 9.17) is 0 Å². The number of nitrogens with zero attached hydrogens (tertiary/aromatic N) is 4. The van der Waals surface area contributed by atoms with Crippen LogP contribution < -0.4 is 0 Å². The average Bonchev–Trinajstić information content (AvgIpc) is 2.92. The van der Waals surface area contributed by atoms with Crippen LogP contribution in [0.5, 0.6) is 0 Å². The molecule has 0 aliphatic carbocycles. The van der Waals surface area contributed by atoms with Crippen LogP contribution in [0.1, 0.15) is 24.1 Å². The Hall–Kier alpha value is -2.02. The molecule has 0 amide bonds. The molecular formula is C15H14F2N4S. The Morgan fingerprint density at radius 3 is 2.82 bits per heavy atom. The van der Waals surface area contributed by atoms with Gasteiger partial charge in [-0.25, -0.2) is 18.3 Å². The van der Waals surface area contributed by atoms with Crippen LogP contribution in [-0.4, -0.2) is 19.6 Å². The molecule has 0 bridgehead atoms. The van der Waals surface area contributed by atoms with Crippen LogP contribution in [0.3, 0.4) is 0 Å². The van der Waals surface area contributed by atoms with Crippen molar-refractivity contribution in [1.82, 2.24) is 19.6 Å². The Balaban J connectivity index is 1.86. The van der Waals surface area contributed by atoms with Gasteiger partial charge >= 0.3 is 0 Å². The van der Waals surface area contributed by atoms with Crippen molar-refractivity contribution in [3.8, 4) is 0 Å². The molecule has 114 valence electrons. The van der Waals surface area contributed by atoms with Gasteiger partial charge in [-0.05, 0) is 25.1 Å². The summed E-state index contributed by atoms with van der Waals surface area (Å²) in [6.45, 7) is 3.90. The highest BCUT2D eigenvalue weighted by Crippen LogP contribution is 2.26. The number of aromatic nitrogens is 4. The molecule has 0 aliphatic rings. The second-order valence-corrected chi connectivity index (χ2v) is 5.84. The van der Waals surface area contributed by atoms with Gasteiger partial charge in [0, 0.05) is 22.8 Å². The van der Waals surface area contributed by atoms with Crippen molar-refractivity contribution < 1.29 is 8.78 Å². The lowest BCUT2D eigenvalue weighted by molar-refractivity contribution is 0.491. The molecule has 0 saturated carbocycles. The number of thioether (sulfide) groups is 1. The van der Waals surface area contributed by atoms with Crippen LogP contribution in [0.2, 0.25) is 0 Å². The predicted molar refractivity (Wildman–Crippen MR) is 80.8 cm³/mol. The van der Waals surface area contributed by atoms with E-state index < -0.39 is 11.6 Å².